The second kappa shape index (κ2) is 5.51. The van der Waals surface area contributed by atoms with Gasteiger partial charge in [-0.2, -0.15) is 0 Å². The molecule has 0 aliphatic carbocycles. The lowest BCUT2D eigenvalue weighted by molar-refractivity contribution is 0.853. The molecule has 1 rings (SSSR count). The predicted molar refractivity (Wildman–Crippen MR) is 73.6 cm³/mol. The molecular formula is C9H5Cl6N. The van der Waals surface area contributed by atoms with Gasteiger partial charge in [-0.25, -0.2) is 4.99 Å². The SMILES string of the molecule is ClC(=NC(Cl)(Cl)C(Cl)(Cl)Cl)c1ccccc1. The quantitative estimate of drug-likeness (QED) is 0.400. The lowest BCUT2D eigenvalue weighted by atomic mass is 10.2. The molecule has 0 atom stereocenters. The molecule has 0 aliphatic heterocycles. The fourth-order valence-electron chi connectivity index (χ4n) is 0.827. The monoisotopic (exact) mass is 337 g/mol. The molecule has 16 heavy (non-hydrogen) atoms. The summed E-state index contributed by atoms with van der Waals surface area (Å²) in [5, 5.41) is 0.0666. The standard InChI is InChI=1S/C9H5Cl6N/c10-7(6-4-2-1-3-5-6)16-9(14,15)8(11,12)13/h1-5H. The van der Waals surface area contributed by atoms with E-state index in [1.54, 1.807) is 24.3 Å². The normalized spacial score (nSPS) is 14.0. The van der Waals surface area contributed by atoms with E-state index in [9.17, 15) is 0 Å². The molecule has 0 unspecified atom stereocenters. The highest BCUT2D eigenvalue weighted by Crippen LogP contribution is 2.47. The number of benzene rings is 1. The van der Waals surface area contributed by atoms with E-state index in [4.69, 9.17) is 69.6 Å². The first-order valence-electron chi connectivity index (χ1n) is 3.99. The summed E-state index contributed by atoms with van der Waals surface area (Å²) < 4.78 is -3.91. The van der Waals surface area contributed by atoms with E-state index < -0.39 is 8.25 Å². The second-order valence-electron chi connectivity index (χ2n) is 2.81. The van der Waals surface area contributed by atoms with Gasteiger partial charge in [0.2, 0.25) is 3.79 Å². The first-order chi connectivity index (χ1) is 7.24. The van der Waals surface area contributed by atoms with Gasteiger partial charge in [0.25, 0.3) is 4.46 Å². The molecular weight excluding hydrogens is 335 g/mol. The summed E-state index contributed by atoms with van der Waals surface area (Å²) in [7, 11) is 0. The predicted octanol–water partition coefficient (Wildman–Crippen LogP) is 5.17. The maximum Gasteiger partial charge on any atom is 0.256 e. The summed E-state index contributed by atoms with van der Waals surface area (Å²) in [6.07, 6.45) is 0. The Bertz CT molecular complexity index is 381. The molecule has 1 nitrogen and oxygen atoms in total. The van der Waals surface area contributed by atoms with Crippen LogP contribution < -0.4 is 0 Å². The van der Waals surface area contributed by atoms with Crippen LogP contribution in [0.15, 0.2) is 35.3 Å². The highest BCUT2D eigenvalue weighted by Gasteiger charge is 2.46. The minimum atomic E-state index is -1.97. The molecule has 0 fully saturated rings. The zero-order chi connectivity index (χ0) is 12.4. The lowest BCUT2D eigenvalue weighted by Crippen LogP contribution is -2.29. The van der Waals surface area contributed by atoms with Gasteiger partial charge in [0.05, 0.1) is 0 Å². The number of aliphatic imine (C=N–C) groups is 1. The Morgan fingerprint density at radius 1 is 0.938 bits per heavy atom. The van der Waals surface area contributed by atoms with Crippen LogP contribution in [-0.4, -0.2) is 13.4 Å². The van der Waals surface area contributed by atoms with E-state index >= 15 is 0 Å². The molecule has 0 aliphatic rings. The number of hydrogen-bond donors (Lipinski definition) is 0. The molecule has 0 saturated carbocycles. The second-order valence-corrected chi connectivity index (χ2v) is 6.73. The van der Waals surface area contributed by atoms with Crippen LogP contribution in [0, 0.1) is 0 Å². The van der Waals surface area contributed by atoms with Crippen molar-refractivity contribution in [2.75, 3.05) is 0 Å². The van der Waals surface area contributed by atoms with Gasteiger partial charge >= 0.3 is 0 Å². The number of rotatable bonds is 2. The van der Waals surface area contributed by atoms with Gasteiger partial charge < -0.3 is 0 Å². The van der Waals surface area contributed by atoms with Gasteiger partial charge in [0.15, 0.2) is 0 Å². The molecule has 1 aromatic rings. The van der Waals surface area contributed by atoms with Crippen molar-refractivity contribution >= 4 is 74.8 Å². The Morgan fingerprint density at radius 3 is 1.88 bits per heavy atom. The third-order valence-corrected chi connectivity index (χ3v) is 4.03. The summed E-state index contributed by atoms with van der Waals surface area (Å²) >= 11 is 34.1. The molecule has 0 radical (unpaired) electrons. The Labute approximate surface area is 123 Å². The van der Waals surface area contributed by atoms with E-state index in [1.807, 2.05) is 6.07 Å². The van der Waals surface area contributed by atoms with Crippen LogP contribution >= 0.6 is 69.6 Å². The number of halogens is 6. The fourth-order valence-corrected chi connectivity index (χ4v) is 1.46. The molecule has 88 valence electrons. The zero-order valence-electron chi connectivity index (χ0n) is 7.60. The van der Waals surface area contributed by atoms with E-state index in [0.717, 1.165) is 0 Å². The van der Waals surface area contributed by atoms with Crippen LogP contribution in [0.25, 0.3) is 0 Å². The minimum absolute atomic E-state index is 0.0666. The molecule has 0 bridgehead atoms. The minimum Gasteiger partial charge on any atom is -0.230 e. The average Bonchev–Trinajstić information content (AvgIpc) is 2.16. The van der Waals surface area contributed by atoms with Crippen LogP contribution in [0.5, 0.6) is 0 Å². The Kier molecular flexibility index (Phi) is 5.06. The van der Waals surface area contributed by atoms with Crippen LogP contribution in [0.1, 0.15) is 5.56 Å². The molecule has 0 spiro atoms. The van der Waals surface area contributed by atoms with Gasteiger partial charge in [-0.3, -0.25) is 0 Å². The number of alkyl halides is 5. The zero-order valence-corrected chi connectivity index (χ0v) is 12.1. The summed E-state index contributed by atoms with van der Waals surface area (Å²) in [5.41, 5.74) is 0.629. The van der Waals surface area contributed by atoms with Crippen molar-refractivity contribution in [3.05, 3.63) is 35.9 Å². The van der Waals surface area contributed by atoms with E-state index in [0.29, 0.717) is 5.56 Å². The van der Waals surface area contributed by atoms with Crippen LogP contribution in [0.4, 0.5) is 0 Å². The summed E-state index contributed by atoms with van der Waals surface area (Å²) in [5.74, 6) is 0. The van der Waals surface area contributed by atoms with Gasteiger partial charge in [-0.15, -0.1) is 0 Å². The average molecular weight is 340 g/mol. The summed E-state index contributed by atoms with van der Waals surface area (Å²) in [6, 6.07) is 8.86. The Hall–Kier alpha value is 0.630. The van der Waals surface area contributed by atoms with Crippen molar-refractivity contribution < 1.29 is 0 Å². The Morgan fingerprint density at radius 2 is 1.44 bits per heavy atom. The van der Waals surface area contributed by atoms with E-state index in [1.165, 1.54) is 0 Å². The van der Waals surface area contributed by atoms with Gasteiger partial charge in [-0.1, -0.05) is 99.9 Å². The fraction of sp³-hybridized carbons (Fsp3) is 0.222. The molecule has 0 saturated heterocycles. The van der Waals surface area contributed by atoms with Crippen molar-refractivity contribution in [1.29, 1.82) is 0 Å². The molecule has 0 heterocycles. The van der Waals surface area contributed by atoms with Crippen LogP contribution in [-0.2, 0) is 0 Å². The third kappa shape index (κ3) is 3.83. The number of nitrogens with zero attached hydrogens (tertiary/aromatic N) is 1. The number of hydrogen-bond acceptors (Lipinski definition) is 1. The first kappa shape index (κ1) is 14.7. The molecule has 7 heteroatoms. The molecule has 0 N–H and O–H groups in total. The molecule has 1 aromatic carbocycles. The highest BCUT2D eigenvalue weighted by molar-refractivity contribution is 6.76. The third-order valence-electron chi connectivity index (χ3n) is 1.59. The van der Waals surface area contributed by atoms with Crippen molar-refractivity contribution in [2.45, 2.75) is 8.25 Å². The van der Waals surface area contributed by atoms with Gasteiger partial charge in [0, 0.05) is 5.56 Å². The summed E-state index contributed by atoms with van der Waals surface area (Å²) in [4.78, 5) is 3.77. The van der Waals surface area contributed by atoms with E-state index in [-0.39, 0.29) is 5.17 Å². The summed E-state index contributed by atoms with van der Waals surface area (Å²) in [6.45, 7) is 0. The van der Waals surface area contributed by atoms with Crippen molar-refractivity contribution in [2.24, 2.45) is 4.99 Å². The smallest absolute Gasteiger partial charge is 0.230 e. The lowest BCUT2D eigenvalue weighted by Gasteiger charge is -2.23. The maximum atomic E-state index is 5.90. The van der Waals surface area contributed by atoms with Crippen LogP contribution in [0.2, 0.25) is 0 Å². The first-order valence-corrected chi connectivity index (χ1v) is 6.26. The van der Waals surface area contributed by atoms with Gasteiger partial charge in [-0.05, 0) is 0 Å². The van der Waals surface area contributed by atoms with Crippen molar-refractivity contribution in [1.82, 2.24) is 0 Å². The topological polar surface area (TPSA) is 12.4 Å². The van der Waals surface area contributed by atoms with Crippen molar-refractivity contribution in [3.8, 4) is 0 Å². The van der Waals surface area contributed by atoms with Crippen LogP contribution in [0.3, 0.4) is 0 Å². The largest absolute Gasteiger partial charge is 0.256 e. The maximum absolute atomic E-state index is 5.90. The van der Waals surface area contributed by atoms with Crippen molar-refractivity contribution in [3.63, 3.8) is 0 Å². The van der Waals surface area contributed by atoms with E-state index in [2.05, 4.69) is 4.99 Å². The van der Waals surface area contributed by atoms with Gasteiger partial charge in [0.1, 0.15) is 5.17 Å². The Balaban J connectivity index is 3.03. The highest BCUT2D eigenvalue weighted by atomic mass is 35.6. The molecule has 0 aromatic heterocycles. The molecule has 0 amide bonds.